The number of nitriles is 1. The van der Waals surface area contributed by atoms with Gasteiger partial charge in [0.05, 0.1) is 12.7 Å². The van der Waals surface area contributed by atoms with Gasteiger partial charge in [-0.05, 0) is 72.0 Å². The van der Waals surface area contributed by atoms with Gasteiger partial charge in [-0.3, -0.25) is 4.79 Å². The lowest BCUT2D eigenvalue weighted by Crippen LogP contribution is -2.34. The maximum atomic E-state index is 12.4. The van der Waals surface area contributed by atoms with Crippen LogP contribution in [0.3, 0.4) is 0 Å². The second kappa shape index (κ2) is 12.5. The number of anilines is 1. The Morgan fingerprint density at radius 3 is 2.43 bits per heavy atom. The maximum absolute atomic E-state index is 12.4. The van der Waals surface area contributed by atoms with Gasteiger partial charge in [0.25, 0.3) is 5.91 Å². The summed E-state index contributed by atoms with van der Waals surface area (Å²) in [6.07, 6.45) is 1.18. The van der Waals surface area contributed by atoms with Crippen LogP contribution in [-0.2, 0) is 4.79 Å². The minimum Gasteiger partial charge on any atom is -0.394 e. The number of carbonyl (C=O) groups excluding carboxylic acids is 1. The van der Waals surface area contributed by atoms with Crippen LogP contribution >= 0.6 is 11.3 Å². The van der Waals surface area contributed by atoms with Gasteiger partial charge in [-0.15, -0.1) is 11.3 Å². The molecule has 184 valence electrons. The average molecular weight is 492 g/mol. The first-order chi connectivity index (χ1) is 16.9. The lowest BCUT2D eigenvalue weighted by atomic mass is 10.0. The Hall–Kier alpha value is -3.18. The number of aliphatic hydroxyl groups is 2. The highest BCUT2D eigenvalue weighted by molar-refractivity contribution is 7.16. The molecule has 1 heterocycles. The molecule has 1 aromatic heterocycles. The van der Waals surface area contributed by atoms with Crippen molar-refractivity contribution in [2.24, 2.45) is 0 Å². The quantitative estimate of drug-likeness (QED) is 0.260. The van der Waals surface area contributed by atoms with E-state index >= 15 is 0 Å². The van der Waals surface area contributed by atoms with Gasteiger partial charge in [-0.1, -0.05) is 32.0 Å². The molecule has 35 heavy (non-hydrogen) atoms. The number of nitrogens with zero attached hydrogens (tertiary/aromatic N) is 2. The van der Waals surface area contributed by atoms with E-state index in [2.05, 4.69) is 60.5 Å². The second-order valence-electron chi connectivity index (χ2n) is 8.56. The Kier molecular flexibility index (Phi) is 9.44. The van der Waals surface area contributed by atoms with Crippen LogP contribution in [0.5, 0.6) is 0 Å². The number of allylic oxidation sites excluding steroid dienone is 1. The van der Waals surface area contributed by atoms with E-state index in [9.17, 15) is 15.2 Å². The number of aliphatic hydroxyl groups excluding tert-OH is 2. The van der Waals surface area contributed by atoms with Crippen molar-refractivity contribution in [3.63, 3.8) is 0 Å². The molecule has 3 rings (SSSR count). The van der Waals surface area contributed by atoms with E-state index in [-0.39, 0.29) is 12.1 Å². The first kappa shape index (κ1) is 26.4. The van der Waals surface area contributed by atoms with Gasteiger partial charge >= 0.3 is 0 Å². The molecule has 3 N–H and O–H groups in total. The third-order valence-electron chi connectivity index (χ3n) is 5.86. The third-order valence-corrected chi connectivity index (χ3v) is 7.11. The largest absolute Gasteiger partial charge is 0.394 e. The fourth-order valence-electron chi connectivity index (χ4n) is 3.98. The molecule has 0 saturated carbocycles. The van der Waals surface area contributed by atoms with Crippen molar-refractivity contribution >= 4 is 39.3 Å². The number of nitrogens with one attached hydrogen (secondary N) is 1. The molecule has 1 unspecified atom stereocenters. The second-order valence-corrected chi connectivity index (χ2v) is 9.64. The molecule has 3 aromatic rings. The highest BCUT2D eigenvalue weighted by Gasteiger charge is 2.17. The molecule has 0 saturated heterocycles. The van der Waals surface area contributed by atoms with Gasteiger partial charge in [-0.2, -0.15) is 5.26 Å². The minimum absolute atomic E-state index is 0.00158. The molecule has 0 aliphatic carbocycles. The summed E-state index contributed by atoms with van der Waals surface area (Å²) in [7, 11) is 0. The van der Waals surface area contributed by atoms with Crippen molar-refractivity contribution in [3.8, 4) is 16.5 Å². The summed E-state index contributed by atoms with van der Waals surface area (Å²) in [6, 6.07) is 18.9. The van der Waals surface area contributed by atoms with Gasteiger partial charge in [0.15, 0.2) is 0 Å². The van der Waals surface area contributed by atoms with Crippen molar-refractivity contribution in [1.29, 1.82) is 5.26 Å². The number of fused-ring (bicyclic) bond motifs is 1. The van der Waals surface area contributed by atoms with E-state index < -0.39 is 18.6 Å². The summed E-state index contributed by atoms with van der Waals surface area (Å²) in [5.74, 6) is -0.561. The summed E-state index contributed by atoms with van der Waals surface area (Å²) in [5, 5.41) is 32.8. The fraction of sp³-hybridized carbons (Fsp3) is 0.357. The van der Waals surface area contributed by atoms with E-state index in [1.165, 1.54) is 27.8 Å². The highest BCUT2D eigenvalue weighted by Crippen LogP contribution is 2.35. The normalized spacial score (nSPS) is 12.7. The zero-order valence-corrected chi connectivity index (χ0v) is 21.4. The van der Waals surface area contributed by atoms with Crippen LogP contribution in [-0.4, -0.2) is 48.5 Å². The molecule has 0 aliphatic heterocycles. The number of hydrogen-bond acceptors (Lipinski definition) is 6. The molecule has 0 fully saturated rings. The van der Waals surface area contributed by atoms with E-state index in [0.29, 0.717) is 5.57 Å². The number of rotatable bonds is 11. The lowest BCUT2D eigenvalue weighted by Gasteiger charge is -2.24. The number of thiophene rings is 1. The van der Waals surface area contributed by atoms with Crippen LogP contribution in [0, 0.1) is 11.3 Å². The molecule has 0 spiro atoms. The SMILES string of the molecule is CCCN(CCC)c1ccc2cc(-c3ccc(/C(C)=C(\C#N)C(=O)NCC(O)CO)s3)ccc2c1. The fourth-order valence-corrected chi connectivity index (χ4v) is 4.99. The number of benzene rings is 2. The zero-order valence-electron chi connectivity index (χ0n) is 20.5. The zero-order chi connectivity index (χ0) is 25.4. The van der Waals surface area contributed by atoms with Crippen LogP contribution in [0.4, 0.5) is 5.69 Å². The topological polar surface area (TPSA) is 96.6 Å². The molecule has 2 aromatic carbocycles. The molecule has 1 amide bonds. The van der Waals surface area contributed by atoms with Crippen LogP contribution in [0.2, 0.25) is 0 Å². The van der Waals surface area contributed by atoms with E-state index in [1.54, 1.807) is 6.92 Å². The Balaban J connectivity index is 1.85. The molecular formula is C28H33N3O3S. The van der Waals surface area contributed by atoms with E-state index in [4.69, 9.17) is 5.11 Å². The maximum Gasteiger partial charge on any atom is 0.262 e. The van der Waals surface area contributed by atoms with Crippen LogP contribution in [0.25, 0.3) is 26.8 Å². The monoisotopic (exact) mass is 491 g/mol. The Morgan fingerprint density at radius 2 is 1.77 bits per heavy atom. The van der Waals surface area contributed by atoms with Gasteiger partial charge in [0.1, 0.15) is 11.6 Å². The minimum atomic E-state index is -1.06. The van der Waals surface area contributed by atoms with Gasteiger partial charge in [0, 0.05) is 35.1 Å². The van der Waals surface area contributed by atoms with E-state index in [0.717, 1.165) is 41.2 Å². The summed E-state index contributed by atoms with van der Waals surface area (Å²) < 4.78 is 0. The summed E-state index contributed by atoms with van der Waals surface area (Å²) in [6.45, 7) is 7.68. The van der Waals surface area contributed by atoms with Crippen LogP contribution < -0.4 is 10.2 Å². The van der Waals surface area contributed by atoms with E-state index in [1.807, 2.05) is 18.2 Å². The predicted octanol–water partition coefficient (Wildman–Crippen LogP) is 4.96. The summed E-state index contributed by atoms with van der Waals surface area (Å²) in [5.41, 5.74) is 2.92. The molecule has 0 aliphatic rings. The first-order valence-electron chi connectivity index (χ1n) is 12.0. The van der Waals surface area contributed by atoms with Crippen molar-refractivity contribution in [2.75, 3.05) is 31.1 Å². The Morgan fingerprint density at radius 1 is 1.09 bits per heavy atom. The molecule has 0 radical (unpaired) electrons. The Bertz CT molecular complexity index is 1240. The molecule has 0 bridgehead atoms. The molecule has 7 heteroatoms. The van der Waals surface area contributed by atoms with Gasteiger partial charge < -0.3 is 20.4 Å². The van der Waals surface area contributed by atoms with Crippen molar-refractivity contribution < 1.29 is 15.0 Å². The smallest absolute Gasteiger partial charge is 0.262 e. The molecular weight excluding hydrogens is 458 g/mol. The lowest BCUT2D eigenvalue weighted by molar-refractivity contribution is -0.117. The third kappa shape index (κ3) is 6.49. The first-order valence-corrected chi connectivity index (χ1v) is 12.8. The number of amides is 1. The van der Waals surface area contributed by atoms with Crippen LogP contribution in [0.1, 0.15) is 38.5 Å². The van der Waals surface area contributed by atoms with Crippen LogP contribution in [0.15, 0.2) is 54.1 Å². The number of carbonyl (C=O) groups is 1. The number of hydrogen-bond donors (Lipinski definition) is 3. The standard InChI is InChI=1S/C28H33N3O3S/c1-4-12-31(13-5-2)23-9-8-20-14-22(7-6-21(20)15-23)27-11-10-26(35-27)19(3)25(16-29)28(34)30-17-24(33)18-32/h6-11,14-15,24,32-33H,4-5,12-13,17-18H2,1-3H3,(H,30,34)/b25-19+. The van der Waals surface area contributed by atoms with Gasteiger partial charge in [0.2, 0.25) is 0 Å². The highest BCUT2D eigenvalue weighted by atomic mass is 32.1. The van der Waals surface area contributed by atoms with Crippen molar-refractivity contribution in [2.45, 2.75) is 39.7 Å². The Labute approximate surface area is 211 Å². The molecule has 6 nitrogen and oxygen atoms in total. The molecule has 1 atom stereocenters. The summed E-state index contributed by atoms with van der Waals surface area (Å²) >= 11 is 1.53. The van der Waals surface area contributed by atoms with Gasteiger partial charge in [-0.25, -0.2) is 0 Å². The van der Waals surface area contributed by atoms with Crippen molar-refractivity contribution in [3.05, 3.63) is 59.0 Å². The van der Waals surface area contributed by atoms with Crippen molar-refractivity contribution in [1.82, 2.24) is 5.32 Å². The average Bonchev–Trinajstić information content (AvgIpc) is 3.37. The summed E-state index contributed by atoms with van der Waals surface area (Å²) in [4.78, 5) is 16.7. The predicted molar refractivity (Wildman–Crippen MR) is 144 cm³/mol.